The number of nitrogens with zero attached hydrogens (tertiary/aromatic N) is 2. The van der Waals surface area contributed by atoms with E-state index >= 15 is 0 Å². The van der Waals surface area contributed by atoms with Gasteiger partial charge in [-0.1, -0.05) is 0 Å². The summed E-state index contributed by atoms with van der Waals surface area (Å²) in [6.07, 6.45) is 1.21. The van der Waals surface area contributed by atoms with Crippen LogP contribution in [0, 0.1) is 6.92 Å². The highest BCUT2D eigenvalue weighted by Crippen LogP contribution is 2.06. The maximum atomic E-state index is 9.07. The molecule has 0 spiro atoms. The molecular weight excluding hydrogens is 142 g/mol. The molecule has 1 rings (SSSR count). The predicted molar refractivity (Wildman–Crippen MR) is 43.1 cm³/mol. The lowest BCUT2D eigenvalue weighted by Gasteiger charge is -2.08. The van der Waals surface area contributed by atoms with Crippen molar-refractivity contribution in [3.8, 4) is 0 Å². The predicted octanol–water partition coefficient (Wildman–Crippen LogP) is 0.155. The van der Waals surface area contributed by atoms with Gasteiger partial charge in [0, 0.05) is 0 Å². The number of aliphatic hydroxyl groups excluding tert-OH is 1. The van der Waals surface area contributed by atoms with Gasteiger partial charge in [0.15, 0.2) is 0 Å². The lowest BCUT2D eigenvalue weighted by atomic mass is 10.4. The molecule has 0 amide bonds. The molecule has 1 aromatic rings. The van der Waals surface area contributed by atoms with Crippen molar-refractivity contribution >= 4 is 5.82 Å². The number of hydrogen-bond acceptors (Lipinski definition) is 3. The highest BCUT2D eigenvalue weighted by molar-refractivity contribution is 5.27. The molecule has 1 atom stereocenters. The summed E-state index contributed by atoms with van der Waals surface area (Å²) in [6.45, 7) is 4.09. The number of nitrogen functional groups attached to an aromatic ring is 1. The van der Waals surface area contributed by atoms with E-state index in [0.717, 1.165) is 5.82 Å². The van der Waals surface area contributed by atoms with E-state index in [-0.39, 0.29) is 6.10 Å². The molecule has 1 heterocycles. The molecule has 0 radical (unpaired) electrons. The molecule has 1 aromatic heterocycles. The number of nitrogens with two attached hydrogens (primary N) is 1. The summed E-state index contributed by atoms with van der Waals surface area (Å²) in [4.78, 5) is 4.00. The van der Waals surface area contributed by atoms with Crippen LogP contribution in [0.25, 0.3) is 0 Å². The van der Waals surface area contributed by atoms with Gasteiger partial charge in [0.25, 0.3) is 0 Å². The average molecular weight is 155 g/mol. The minimum Gasteiger partial charge on any atom is -0.392 e. The van der Waals surface area contributed by atoms with Crippen LogP contribution in [-0.2, 0) is 6.54 Å². The third-order valence-corrected chi connectivity index (χ3v) is 1.53. The van der Waals surface area contributed by atoms with Crippen LogP contribution in [0.5, 0.6) is 0 Å². The van der Waals surface area contributed by atoms with Gasteiger partial charge < -0.3 is 15.4 Å². The fraction of sp³-hybridized carbons (Fsp3) is 0.571. The van der Waals surface area contributed by atoms with Crippen LogP contribution >= 0.6 is 0 Å². The monoisotopic (exact) mass is 155 g/mol. The minimum absolute atomic E-state index is 0.384. The normalized spacial score (nSPS) is 13.4. The fourth-order valence-electron chi connectivity index (χ4n) is 0.988. The van der Waals surface area contributed by atoms with Crippen molar-refractivity contribution in [2.45, 2.75) is 26.5 Å². The summed E-state index contributed by atoms with van der Waals surface area (Å²) in [5, 5.41) is 9.07. The van der Waals surface area contributed by atoms with Crippen LogP contribution in [0.1, 0.15) is 12.7 Å². The summed E-state index contributed by atoms with van der Waals surface area (Å²) in [6, 6.07) is 0. The van der Waals surface area contributed by atoms with Crippen molar-refractivity contribution in [1.29, 1.82) is 0 Å². The number of rotatable bonds is 2. The second-order valence-corrected chi connectivity index (χ2v) is 2.69. The maximum Gasteiger partial charge on any atom is 0.123 e. The van der Waals surface area contributed by atoms with Crippen molar-refractivity contribution in [2.75, 3.05) is 5.73 Å². The van der Waals surface area contributed by atoms with Crippen LogP contribution in [0.4, 0.5) is 5.82 Å². The fourth-order valence-corrected chi connectivity index (χ4v) is 0.988. The molecule has 0 aliphatic heterocycles. The van der Waals surface area contributed by atoms with Crippen molar-refractivity contribution in [3.05, 3.63) is 12.0 Å². The van der Waals surface area contributed by atoms with E-state index in [1.807, 2.05) is 6.92 Å². The molecule has 4 nitrogen and oxygen atoms in total. The Morgan fingerprint density at radius 3 is 2.82 bits per heavy atom. The van der Waals surface area contributed by atoms with Crippen LogP contribution in [0.3, 0.4) is 0 Å². The molecule has 0 unspecified atom stereocenters. The van der Waals surface area contributed by atoms with E-state index in [1.54, 1.807) is 17.7 Å². The minimum atomic E-state index is -0.384. The first-order valence-corrected chi connectivity index (χ1v) is 3.57. The van der Waals surface area contributed by atoms with Crippen LogP contribution in [0.15, 0.2) is 6.20 Å². The number of aryl methyl sites for hydroxylation is 1. The van der Waals surface area contributed by atoms with Gasteiger partial charge >= 0.3 is 0 Å². The largest absolute Gasteiger partial charge is 0.392 e. The van der Waals surface area contributed by atoms with Crippen molar-refractivity contribution in [2.24, 2.45) is 0 Å². The Balaban J connectivity index is 2.83. The van der Waals surface area contributed by atoms with Gasteiger partial charge in [0.2, 0.25) is 0 Å². The van der Waals surface area contributed by atoms with E-state index in [9.17, 15) is 0 Å². The van der Waals surface area contributed by atoms with Gasteiger partial charge in [-0.15, -0.1) is 0 Å². The summed E-state index contributed by atoms with van der Waals surface area (Å²) in [5.74, 6) is 1.44. The van der Waals surface area contributed by atoms with Crippen molar-refractivity contribution in [3.63, 3.8) is 0 Å². The lowest BCUT2D eigenvalue weighted by Crippen LogP contribution is -2.14. The molecule has 0 aliphatic rings. The van der Waals surface area contributed by atoms with Gasteiger partial charge in [-0.2, -0.15) is 0 Å². The Bertz CT molecular complexity index is 222. The number of hydrogen-bond donors (Lipinski definition) is 2. The van der Waals surface area contributed by atoms with Crippen molar-refractivity contribution < 1.29 is 5.11 Å². The molecular formula is C7H13N3O. The Kier molecular flexibility index (Phi) is 2.14. The summed E-state index contributed by atoms with van der Waals surface area (Å²) >= 11 is 0. The first-order chi connectivity index (χ1) is 5.11. The second kappa shape index (κ2) is 2.92. The van der Waals surface area contributed by atoms with Crippen LogP contribution < -0.4 is 5.73 Å². The summed E-state index contributed by atoms with van der Waals surface area (Å²) < 4.78 is 1.78. The molecule has 62 valence electrons. The van der Waals surface area contributed by atoms with Crippen molar-refractivity contribution in [1.82, 2.24) is 9.55 Å². The molecule has 0 aliphatic carbocycles. The topological polar surface area (TPSA) is 64.1 Å². The summed E-state index contributed by atoms with van der Waals surface area (Å²) in [7, 11) is 0. The number of aromatic nitrogens is 2. The van der Waals surface area contributed by atoms with E-state index in [2.05, 4.69) is 4.98 Å². The van der Waals surface area contributed by atoms with Gasteiger partial charge in [-0.05, 0) is 13.8 Å². The van der Waals surface area contributed by atoms with Crippen LogP contribution in [0.2, 0.25) is 0 Å². The Morgan fingerprint density at radius 2 is 2.45 bits per heavy atom. The zero-order chi connectivity index (χ0) is 8.43. The SMILES string of the molecule is Cc1ncc(N)n1C[C@H](C)O. The van der Waals surface area contributed by atoms with E-state index in [0.29, 0.717) is 12.4 Å². The zero-order valence-electron chi connectivity index (χ0n) is 6.78. The summed E-state index contributed by atoms with van der Waals surface area (Å²) in [5.41, 5.74) is 5.58. The van der Waals surface area contributed by atoms with Gasteiger partial charge in [0.1, 0.15) is 11.6 Å². The smallest absolute Gasteiger partial charge is 0.123 e. The molecule has 4 heteroatoms. The first kappa shape index (κ1) is 8.07. The van der Waals surface area contributed by atoms with Gasteiger partial charge in [-0.25, -0.2) is 4.98 Å². The van der Waals surface area contributed by atoms with Gasteiger partial charge in [-0.3, -0.25) is 0 Å². The molecule has 0 saturated heterocycles. The Hall–Kier alpha value is -1.03. The third-order valence-electron chi connectivity index (χ3n) is 1.53. The maximum absolute atomic E-state index is 9.07. The Morgan fingerprint density at radius 1 is 1.82 bits per heavy atom. The average Bonchev–Trinajstić information content (AvgIpc) is 2.18. The molecule has 0 fully saturated rings. The van der Waals surface area contributed by atoms with E-state index in [4.69, 9.17) is 10.8 Å². The molecule has 0 saturated carbocycles. The quantitative estimate of drug-likeness (QED) is 0.639. The second-order valence-electron chi connectivity index (χ2n) is 2.69. The standard InChI is InChI=1S/C7H13N3O/c1-5(11)4-10-6(2)9-3-7(10)8/h3,5,11H,4,8H2,1-2H3/t5-/m0/s1. The number of imidazole rings is 1. The van der Waals surface area contributed by atoms with E-state index < -0.39 is 0 Å². The Labute approximate surface area is 65.7 Å². The molecule has 0 bridgehead atoms. The molecule has 11 heavy (non-hydrogen) atoms. The van der Waals surface area contributed by atoms with Crippen LogP contribution in [-0.4, -0.2) is 20.8 Å². The zero-order valence-corrected chi connectivity index (χ0v) is 6.78. The highest BCUT2D eigenvalue weighted by atomic mass is 16.3. The molecule has 0 aromatic carbocycles. The highest BCUT2D eigenvalue weighted by Gasteiger charge is 2.04. The van der Waals surface area contributed by atoms with Gasteiger partial charge in [0.05, 0.1) is 18.8 Å². The first-order valence-electron chi connectivity index (χ1n) is 3.57. The molecule has 3 N–H and O–H groups in total. The number of aliphatic hydroxyl groups is 1. The third kappa shape index (κ3) is 1.71. The van der Waals surface area contributed by atoms with E-state index in [1.165, 1.54) is 0 Å². The number of anilines is 1. The lowest BCUT2D eigenvalue weighted by molar-refractivity contribution is 0.173.